The van der Waals surface area contributed by atoms with Crippen LogP contribution in [0.4, 0.5) is 5.69 Å². The van der Waals surface area contributed by atoms with Gasteiger partial charge < -0.3 is 11.1 Å². The van der Waals surface area contributed by atoms with E-state index in [-0.39, 0.29) is 0 Å². The number of nitrogens with zero attached hydrogens (tertiary/aromatic N) is 1. The van der Waals surface area contributed by atoms with Gasteiger partial charge in [-0.05, 0) is 31.0 Å². The first kappa shape index (κ1) is 10.3. The van der Waals surface area contributed by atoms with Crippen LogP contribution in [0.3, 0.4) is 0 Å². The summed E-state index contributed by atoms with van der Waals surface area (Å²) in [6.07, 6.45) is 1.93. The van der Waals surface area contributed by atoms with E-state index in [4.69, 9.17) is 22.6 Å². The topological polar surface area (TPSA) is 61.8 Å². The van der Waals surface area contributed by atoms with Crippen molar-refractivity contribution < 1.29 is 0 Å². The van der Waals surface area contributed by atoms with Gasteiger partial charge in [0.25, 0.3) is 0 Å². The fraction of sp³-hybridized carbons (Fsp3) is 0.364. The largest absolute Gasteiger partial charge is 0.381 e. The van der Waals surface area contributed by atoms with Crippen LogP contribution in [0.2, 0.25) is 5.02 Å². The van der Waals surface area contributed by atoms with Crippen molar-refractivity contribution >= 4 is 17.3 Å². The summed E-state index contributed by atoms with van der Waals surface area (Å²) in [6, 6.07) is 8.01. The third-order valence-corrected chi connectivity index (χ3v) is 2.96. The molecule has 0 radical (unpaired) electrons. The molecule has 0 aliphatic heterocycles. The van der Waals surface area contributed by atoms with Gasteiger partial charge in [-0.25, -0.2) is 0 Å². The van der Waals surface area contributed by atoms with Crippen molar-refractivity contribution in [3.8, 4) is 6.07 Å². The molecule has 0 bridgehead atoms. The average molecular weight is 222 g/mol. The Morgan fingerprint density at radius 2 is 2.20 bits per heavy atom. The Balaban J connectivity index is 2.10. The average Bonchev–Trinajstić information content (AvgIpc) is 2.19. The van der Waals surface area contributed by atoms with Crippen LogP contribution < -0.4 is 11.1 Å². The van der Waals surface area contributed by atoms with Crippen LogP contribution >= 0.6 is 11.6 Å². The highest BCUT2D eigenvalue weighted by atomic mass is 35.5. The molecule has 0 amide bonds. The summed E-state index contributed by atoms with van der Waals surface area (Å²) in [5.74, 6) is 0. The van der Waals surface area contributed by atoms with Crippen molar-refractivity contribution in [2.45, 2.75) is 24.9 Å². The maximum absolute atomic E-state index is 8.76. The Kier molecular flexibility index (Phi) is 2.81. The second-order valence-electron chi connectivity index (χ2n) is 3.88. The minimum atomic E-state index is 0.306. The molecule has 0 heterocycles. The molecule has 1 fully saturated rings. The fourth-order valence-corrected chi connectivity index (χ4v) is 1.88. The SMILES string of the molecule is N#Cc1ccc(Cl)c(NC2CC(N)C2)c1. The third kappa shape index (κ3) is 2.23. The van der Waals surface area contributed by atoms with E-state index in [0.717, 1.165) is 18.5 Å². The summed E-state index contributed by atoms with van der Waals surface area (Å²) in [5.41, 5.74) is 7.13. The van der Waals surface area contributed by atoms with Crippen LogP contribution in [0.1, 0.15) is 18.4 Å². The Morgan fingerprint density at radius 3 is 2.80 bits per heavy atom. The predicted molar refractivity (Wildman–Crippen MR) is 60.8 cm³/mol. The quantitative estimate of drug-likeness (QED) is 0.804. The van der Waals surface area contributed by atoms with Crippen LogP contribution in [0.25, 0.3) is 0 Å². The minimum absolute atomic E-state index is 0.306. The van der Waals surface area contributed by atoms with Gasteiger partial charge in [0, 0.05) is 12.1 Å². The first-order chi connectivity index (χ1) is 7.19. The molecule has 2 rings (SSSR count). The zero-order valence-electron chi connectivity index (χ0n) is 8.20. The van der Waals surface area contributed by atoms with Crippen LogP contribution in [-0.2, 0) is 0 Å². The van der Waals surface area contributed by atoms with Crippen molar-refractivity contribution in [1.82, 2.24) is 0 Å². The maximum Gasteiger partial charge on any atom is 0.0992 e. The second-order valence-corrected chi connectivity index (χ2v) is 4.29. The molecule has 1 saturated carbocycles. The molecule has 0 saturated heterocycles. The molecule has 1 aromatic rings. The molecule has 1 aromatic carbocycles. The minimum Gasteiger partial charge on any atom is -0.381 e. The molecular weight excluding hydrogens is 210 g/mol. The molecule has 1 aliphatic carbocycles. The standard InChI is InChI=1S/C11H12ClN3/c12-10-2-1-7(6-13)3-11(10)15-9-4-8(14)5-9/h1-3,8-9,15H,4-5,14H2. The number of hydrogen-bond donors (Lipinski definition) is 2. The second kappa shape index (κ2) is 4.09. The van der Waals surface area contributed by atoms with E-state index in [1.807, 2.05) is 0 Å². The zero-order valence-corrected chi connectivity index (χ0v) is 8.96. The fourth-order valence-electron chi connectivity index (χ4n) is 1.71. The van der Waals surface area contributed by atoms with Gasteiger partial charge in [-0.2, -0.15) is 5.26 Å². The Hall–Kier alpha value is -1.24. The van der Waals surface area contributed by atoms with Crippen LogP contribution in [-0.4, -0.2) is 12.1 Å². The number of anilines is 1. The van der Waals surface area contributed by atoms with Gasteiger partial charge in [-0.15, -0.1) is 0 Å². The summed E-state index contributed by atoms with van der Waals surface area (Å²) in [6.45, 7) is 0. The third-order valence-electron chi connectivity index (χ3n) is 2.63. The number of nitrogens with one attached hydrogen (secondary N) is 1. The van der Waals surface area contributed by atoms with Crippen molar-refractivity contribution in [3.05, 3.63) is 28.8 Å². The van der Waals surface area contributed by atoms with Gasteiger partial charge in [-0.1, -0.05) is 11.6 Å². The monoisotopic (exact) mass is 221 g/mol. The van der Waals surface area contributed by atoms with Crippen LogP contribution in [0.15, 0.2) is 18.2 Å². The lowest BCUT2D eigenvalue weighted by atomic mass is 9.87. The molecule has 3 N–H and O–H groups in total. The lowest BCUT2D eigenvalue weighted by Crippen LogP contribution is -2.44. The van der Waals surface area contributed by atoms with Crippen molar-refractivity contribution in [2.24, 2.45) is 5.73 Å². The number of nitriles is 1. The highest BCUT2D eigenvalue weighted by Crippen LogP contribution is 2.28. The Morgan fingerprint density at radius 1 is 1.47 bits per heavy atom. The highest BCUT2D eigenvalue weighted by molar-refractivity contribution is 6.33. The molecular formula is C11H12ClN3. The van der Waals surface area contributed by atoms with Gasteiger partial charge in [-0.3, -0.25) is 0 Å². The molecule has 0 atom stereocenters. The van der Waals surface area contributed by atoms with E-state index in [1.165, 1.54) is 0 Å². The number of benzene rings is 1. The lowest BCUT2D eigenvalue weighted by Gasteiger charge is -2.34. The summed E-state index contributed by atoms with van der Waals surface area (Å²) >= 11 is 6.01. The van der Waals surface area contributed by atoms with Crippen molar-refractivity contribution in [3.63, 3.8) is 0 Å². The van der Waals surface area contributed by atoms with Crippen molar-refractivity contribution in [1.29, 1.82) is 5.26 Å². The van der Waals surface area contributed by atoms with Gasteiger partial charge in [0.15, 0.2) is 0 Å². The van der Waals surface area contributed by atoms with E-state index in [0.29, 0.717) is 22.7 Å². The predicted octanol–water partition coefficient (Wildman–Crippen LogP) is 2.11. The lowest BCUT2D eigenvalue weighted by molar-refractivity contribution is 0.374. The molecule has 3 nitrogen and oxygen atoms in total. The highest BCUT2D eigenvalue weighted by Gasteiger charge is 2.25. The molecule has 0 spiro atoms. The normalized spacial score (nSPS) is 24.1. The first-order valence-corrected chi connectivity index (χ1v) is 5.28. The Labute approximate surface area is 93.8 Å². The van der Waals surface area contributed by atoms with E-state index >= 15 is 0 Å². The summed E-state index contributed by atoms with van der Waals surface area (Å²) in [7, 11) is 0. The number of rotatable bonds is 2. The summed E-state index contributed by atoms with van der Waals surface area (Å²) in [5, 5.41) is 12.7. The molecule has 0 aromatic heterocycles. The number of nitrogens with two attached hydrogens (primary N) is 1. The first-order valence-electron chi connectivity index (χ1n) is 4.91. The van der Waals surface area contributed by atoms with Gasteiger partial charge in [0.1, 0.15) is 0 Å². The van der Waals surface area contributed by atoms with E-state index < -0.39 is 0 Å². The van der Waals surface area contributed by atoms with Gasteiger partial charge >= 0.3 is 0 Å². The zero-order chi connectivity index (χ0) is 10.8. The smallest absolute Gasteiger partial charge is 0.0992 e. The number of hydrogen-bond acceptors (Lipinski definition) is 3. The van der Waals surface area contributed by atoms with Crippen LogP contribution in [0.5, 0.6) is 0 Å². The molecule has 4 heteroatoms. The summed E-state index contributed by atoms with van der Waals surface area (Å²) in [4.78, 5) is 0. The molecule has 78 valence electrons. The van der Waals surface area contributed by atoms with Gasteiger partial charge in [0.05, 0.1) is 22.3 Å². The number of halogens is 1. The summed E-state index contributed by atoms with van der Waals surface area (Å²) < 4.78 is 0. The van der Waals surface area contributed by atoms with Crippen molar-refractivity contribution in [2.75, 3.05) is 5.32 Å². The molecule has 1 aliphatic rings. The van der Waals surface area contributed by atoms with E-state index in [9.17, 15) is 0 Å². The Bertz CT molecular complexity index is 405. The molecule has 15 heavy (non-hydrogen) atoms. The maximum atomic E-state index is 8.76. The van der Waals surface area contributed by atoms with E-state index in [2.05, 4.69) is 11.4 Å². The van der Waals surface area contributed by atoms with E-state index in [1.54, 1.807) is 18.2 Å². The van der Waals surface area contributed by atoms with Crippen LogP contribution in [0, 0.1) is 11.3 Å². The van der Waals surface area contributed by atoms with Gasteiger partial charge in [0.2, 0.25) is 0 Å². The molecule has 0 unspecified atom stereocenters.